The molecule has 1 aromatic heterocycles. The summed E-state index contributed by atoms with van der Waals surface area (Å²) in [5.41, 5.74) is 1.15. The van der Waals surface area contributed by atoms with Gasteiger partial charge in [-0.05, 0) is 19.8 Å². The van der Waals surface area contributed by atoms with Crippen LogP contribution in [-0.4, -0.2) is 24.7 Å². The van der Waals surface area contributed by atoms with Crippen LogP contribution < -0.4 is 5.32 Å². The highest BCUT2D eigenvalue weighted by atomic mass is 32.1. The molecular weight excluding hydrogens is 208 g/mol. The maximum Gasteiger partial charge on any atom is 0.0926 e. The zero-order chi connectivity index (χ0) is 11.1. The van der Waals surface area contributed by atoms with E-state index < -0.39 is 0 Å². The third-order valence-corrected chi connectivity index (χ3v) is 3.33. The molecule has 1 heterocycles. The molecule has 0 aliphatic carbocycles. The van der Waals surface area contributed by atoms with Crippen molar-refractivity contribution in [1.29, 1.82) is 0 Å². The molecule has 1 aromatic rings. The Balaban J connectivity index is 2.24. The van der Waals surface area contributed by atoms with Crippen molar-refractivity contribution in [2.75, 3.05) is 13.7 Å². The average molecular weight is 228 g/mol. The van der Waals surface area contributed by atoms with Gasteiger partial charge >= 0.3 is 0 Å². The van der Waals surface area contributed by atoms with Crippen molar-refractivity contribution in [2.45, 2.75) is 39.3 Å². The summed E-state index contributed by atoms with van der Waals surface area (Å²) >= 11 is 1.74. The largest absolute Gasteiger partial charge is 0.385 e. The van der Waals surface area contributed by atoms with Crippen molar-refractivity contribution in [3.63, 3.8) is 0 Å². The van der Waals surface area contributed by atoms with E-state index in [0.29, 0.717) is 6.04 Å². The second-order valence-electron chi connectivity index (χ2n) is 3.65. The lowest BCUT2D eigenvalue weighted by atomic mass is 10.2. The Morgan fingerprint density at radius 1 is 1.60 bits per heavy atom. The van der Waals surface area contributed by atoms with E-state index in [1.165, 1.54) is 5.01 Å². The second-order valence-corrected chi connectivity index (χ2v) is 4.59. The highest BCUT2D eigenvalue weighted by molar-refractivity contribution is 7.09. The molecule has 0 aromatic carbocycles. The number of aromatic nitrogens is 1. The normalized spacial score (nSPS) is 13.0. The van der Waals surface area contributed by atoms with Gasteiger partial charge in [0.15, 0.2) is 0 Å². The molecule has 0 radical (unpaired) electrons. The monoisotopic (exact) mass is 228 g/mol. The molecule has 1 unspecified atom stereocenters. The first-order chi connectivity index (χ1) is 7.26. The second kappa shape index (κ2) is 6.93. The third-order valence-electron chi connectivity index (χ3n) is 2.29. The molecule has 4 heteroatoms. The Morgan fingerprint density at radius 3 is 3.00 bits per heavy atom. The van der Waals surface area contributed by atoms with Crippen LogP contribution in [0.3, 0.4) is 0 Å². The molecule has 0 spiro atoms. The predicted octanol–water partition coefficient (Wildman–Crippen LogP) is 2.22. The lowest BCUT2D eigenvalue weighted by Gasteiger charge is -2.11. The summed E-state index contributed by atoms with van der Waals surface area (Å²) in [6.07, 6.45) is 2.07. The van der Waals surface area contributed by atoms with Gasteiger partial charge in [0.05, 0.1) is 10.7 Å². The standard InChI is InChI=1S/C11H20N2OS/c1-4-11-13-10(8-15-11)7-12-9(2)5-6-14-3/h8-9,12H,4-7H2,1-3H3. The number of rotatable bonds is 7. The highest BCUT2D eigenvalue weighted by Gasteiger charge is 2.03. The Morgan fingerprint density at radius 2 is 2.40 bits per heavy atom. The molecule has 1 rings (SSSR count). The van der Waals surface area contributed by atoms with Crippen molar-refractivity contribution in [1.82, 2.24) is 10.3 Å². The summed E-state index contributed by atoms with van der Waals surface area (Å²) < 4.78 is 5.03. The molecule has 0 saturated carbocycles. The van der Waals surface area contributed by atoms with Crippen molar-refractivity contribution in [3.8, 4) is 0 Å². The molecule has 1 atom stereocenters. The fourth-order valence-corrected chi connectivity index (χ4v) is 2.01. The van der Waals surface area contributed by atoms with Gasteiger partial charge in [0.1, 0.15) is 0 Å². The fraction of sp³-hybridized carbons (Fsp3) is 0.727. The number of aryl methyl sites for hydroxylation is 1. The van der Waals surface area contributed by atoms with Crippen molar-refractivity contribution in [2.24, 2.45) is 0 Å². The van der Waals surface area contributed by atoms with Crippen LogP contribution in [0, 0.1) is 0 Å². The maximum atomic E-state index is 5.03. The first-order valence-corrected chi connectivity index (χ1v) is 6.29. The van der Waals surface area contributed by atoms with Gasteiger partial charge in [-0.25, -0.2) is 4.98 Å². The van der Waals surface area contributed by atoms with Crippen LogP contribution in [0.25, 0.3) is 0 Å². The van der Waals surface area contributed by atoms with Crippen LogP contribution in [0.4, 0.5) is 0 Å². The minimum atomic E-state index is 0.483. The first-order valence-electron chi connectivity index (χ1n) is 5.41. The zero-order valence-corrected chi connectivity index (χ0v) is 10.6. The van der Waals surface area contributed by atoms with Crippen LogP contribution in [0.15, 0.2) is 5.38 Å². The Labute approximate surface area is 95.9 Å². The Kier molecular flexibility index (Phi) is 5.83. The summed E-state index contributed by atoms with van der Waals surface area (Å²) in [6, 6.07) is 0.483. The molecular formula is C11H20N2OS. The van der Waals surface area contributed by atoms with Crippen LogP contribution in [0.1, 0.15) is 31.0 Å². The van der Waals surface area contributed by atoms with E-state index >= 15 is 0 Å². The number of nitrogens with one attached hydrogen (secondary N) is 1. The molecule has 0 aliphatic heterocycles. The van der Waals surface area contributed by atoms with Crippen LogP contribution in [-0.2, 0) is 17.7 Å². The van der Waals surface area contributed by atoms with Gasteiger partial charge in [-0.3, -0.25) is 0 Å². The molecule has 0 fully saturated rings. The van der Waals surface area contributed by atoms with Crippen LogP contribution >= 0.6 is 11.3 Å². The lowest BCUT2D eigenvalue weighted by Crippen LogP contribution is -2.26. The highest BCUT2D eigenvalue weighted by Crippen LogP contribution is 2.10. The molecule has 1 N–H and O–H groups in total. The van der Waals surface area contributed by atoms with Crippen molar-refractivity contribution >= 4 is 11.3 Å². The van der Waals surface area contributed by atoms with E-state index in [4.69, 9.17) is 4.74 Å². The van der Waals surface area contributed by atoms with Gasteiger partial charge < -0.3 is 10.1 Å². The summed E-state index contributed by atoms with van der Waals surface area (Å²) in [4.78, 5) is 4.51. The van der Waals surface area contributed by atoms with Crippen LogP contribution in [0.5, 0.6) is 0 Å². The molecule has 3 nitrogen and oxygen atoms in total. The predicted molar refractivity (Wildman–Crippen MR) is 64.3 cm³/mol. The van der Waals surface area contributed by atoms with Crippen molar-refractivity contribution in [3.05, 3.63) is 16.1 Å². The quantitative estimate of drug-likeness (QED) is 0.777. The number of hydrogen-bond donors (Lipinski definition) is 1. The van der Waals surface area contributed by atoms with Gasteiger partial charge in [-0.15, -0.1) is 11.3 Å². The van der Waals surface area contributed by atoms with Gasteiger partial charge in [-0.1, -0.05) is 6.92 Å². The van der Waals surface area contributed by atoms with Gasteiger partial charge in [0, 0.05) is 31.7 Å². The summed E-state index contributed by atoms with van der Waals surface area (Å²) in [7, 11) is 1.74. The molecule has 0 amide bonds. The topological polar surface area (TPSA) is 34.2 Å². The minimum Gasteiger partial charge on any atom is -0.385 e. The van der Waals surface area contributed by atoms with Crippen LogP contribution in [0.2, 0.25) is 0 Å². The van der Waals surface area contributed by atoms with E-state index in [-0.39, 0.29) is 0 Å². The summed E-state index contributed by atoms with van der Waals surface area (Å²) in [5.74, 6) is 0. The number of thiazole rings is 1. The van der Waals surface area contributed by atoms with Gasteiger partial charge in [0.2, 0.25) is 0 Å². The summed E-state index contributed by atoms with van der Waals surface area (Å²) in [5, 5.41) is 6.79. The maximum absolute atomic E-state index is 5.03. The van der Waals surface area contributed by atoms with E-state index in [2.05, 4.69) is 29.5 Å². The zero-order valence-electron chi connectivity index (χ0n) is 9.75. The SMILES string of the molecule is CCc1nc(CNC(C)CCOC)cs1. The number of ether oxygens (including phenoxy) is 1. The van der Waals surface area contributed by atoms with E-state index in [9.17, 15) is 0 Å². The Hall–Kier alpha value is -0.450. The van der Waals surface area contributed by atoms with E-state index in [0.717, 1.165) is 31.7 Å². The molecule has 86 valence electrons. The Bertz CT molecular complexity index is 275. The fourth-order valence-electron chi connectivity index (χ4n) is 1.27. The molecule has 0 aliphatic rings. The smallest absolute Gasteiger partial charge is 0.0926 e. The van der Waals surface area contributed by atoms with Gasteiger partial charge in [-0.2, -0.15) is 0 Å². The molecule has 15 heavy (non-hydrogen) atoms. The minimum absolute atomic E-state index is 0.483. The molecule has 0 bridgehead atoms. The summed E-state index contributed by atoms with van der Waals surface area (Å²) in [6.45, 7) is 5.98. The number of methoxy groups -OCH3 is 1. The van der Waals surface area contributed by atoms with E-state index in [1.807, 2.05) is 0 Å². The lowest BCUT2D eigenvalue weighted by molar-refractivity contribution is 0.184. The average Bonchev–Trinajstić information content (AvgIpc) is 2.71. The third kappa shape index (κ3) is 4.73. The molecule has 0 saturated heterocycles. The van der Waals surface area contributed by atoms with Gasteiger partial charge in [0.25, 0.3) is 0 Å². The van der Waals surface area contributed by atoms with Crippen molar-refractivity contribution < 1.29 is 4.74 Å². The number of nitrogens with zero attached hydrogens (tertiary/aromatic N) is 1. The first kappa shape index (κ1) is 12.6. The number of hydrogen-bond acceptors (Lipinski definition) is 4. The van der Waals surface area contributed by atoms with E-state index in [1.54, 1.807) is 18.4 Å².